The van der Waals surface area contributed by atoms with Crippen molar-refractivity contribution < 1.29 is 4.79 Å². The number of hydrogen-bond acceptors (Lipinski definition) is 2. The molecule has 1 amide bonds. The molecule has 0 fully saturated rings. The van der Waals surface area contributed by atoms with Gasteiger partial charge >= 0.3 is 0 Å². The summed E-state index contributed by atoms with van der Waals surface area (Å²) in [5.41, 5.74) is 1.32. The average molecular weight is 343 g/mol. The highest BCUT2D eigenvalue weighted by atomic mass is 79.9. The Morgan fingerprint density at radius 2 is 2.26 bits per heavy atom. The number of rotatable bonds is 3. The molecule has 0 unspecified atom stereocenters. The van der Waals surface area contributed by atoms with Gasteiger partial charge in [-0.25, -0.2) is 4.98 Å². The summed E-state index contributed by atoms with van der Waals surface area (Å²) in [7, 11) is 3.56. The zero-order chi connectivity index (χ0) is 14.0. The zero-order valence-electron chi connectivity index (χ0n) is 10.6. The van der Waals surface area contributed by atoms with Crippen molar-refractivity contribution in [2.45, 2.75) is 6.54 Å². The molecule has 1 aromatic carbocycles. The minimum Gasteiger partial charge on any atom is -0.340 e. The molecule has 0 bridgehead atoms. The third kappa shape index (κ3) is 3.36. The van der Waals surface area contributed by atoms with Crippen LogP contribution in [0.5, 0.6) is 0 Å². The van der Waals surface area contributed by atoms with Gasteiger partial charge in [-0.05, 0) is 23.8 Å². The molecule has 1 aromatic heterocycles. The van der Waals surface area contributed by atoms with Crippen LogP contribution >= 0.6 is 27.5 Å². The van der Waals surface area contributed by atoms with Gasteiger partial charge in [0.2, 0.25) is 0 Å². The van der Waals surface area contributed by atoms with Crippen LogP contribution < -0.4 is 0 Å². The summed E-state index contributed by atoms with van der Waals surface area (Å²) in [5, 5.41) is 0.642. The number of nitrogens with zero attached hydrogens (tertiary/aromatic N) is 3. The fourth-order valence-corrected chi connectivity index (χ4v) is 2.30. The molecule has 100 valence electrons. The van der Waals surface area contributed by atoms with Crippen LogP contribution in [0, 0.1) is 0 Å². The molecular formula is C13H13BrClN3O. The lowest BCUT2D eigenvalue weighted by atomic mass is 10.2. The first-order valence-electron chi connectivity index (χ1n) is 5.64. The Bertz CT molecular complexity index is 612. The van der Waals surface area contributed by atoms with Crippen LogP contribution in [-0.4, -0.2) is 27.4 Å². The summed E-state index contributed by atoms with van der Waals surface area (Å²) in [6.45, 7) is 0.438. The smallest absolute Gasteiger partial charge is 0.274 e. The Balaban J connectivity index is 2.14. The molecular weight excluding hydrogens is 330 g/mol. The van der Waals surface area contributed by atoms with E-state index in [0.29, 0.717) is 17.3 Å². The van der Waals surface area contributed by atoms with E-state index in [4.69, 9.17) is 11.6 Å². The van der Waals surface area contributed by atoms with Crippen LogP contribution in [0.3, 0.4) is 0 Å². The van der Waals surface area contributed by atoms with Gasteiger partial charge in [-0.3, -0.25) is 4.79 Å². The molecule has 19 heavy (non-hydrogen) atoms. The first-order chi connectivity index (χ1) is 8.97. The number of hydrogen-bond donors (Lipinski definition) is 0. The van der Waals surface area contributed by atoms with Gasteiger partial charge < -0.3 is 9.47 Å². The van der Waals surface area contributed by atoms with Gasteiger partial charge in [-0.2, -0.15) is 0 Å². The Hall–Kier alpha value is -1.33. The maximum Gasteiger partial charge on any atom is 0.274 e. The lowest BCUT2D eigenvalue weighted by Crippen LogP contribution is -2.26. The van der Waals surface area contributed by atoms with Gasteiger partial charge in [-0.1, -0.05) is 27.5 Å². The van der Waals surface area contributed by atoms with Crippen molar-refractivity contribution >= 4 is 33.4 Å². The molecule has 0 saturated carbocycles. The fraction of sp³-hybridized carbons (Fsp3) is 0.231. The molecule has 0 aliphatic rings. The predicted octanol–water partition coefficient (Wildman–Crippen LogP) is 3.11. The average Bonchev–Trinajstić information content (AvgIpc) is 2.79. The van der Waals surface area contributed by atoms with Crippen LogP contribution in [0.2, 0.25) is 5.02 Å². The van der Waals surface area contributed by atoms with Crippen LogP contribution in [0.4, 0.5) is 0 Å². The minimum atomic E-state index is -0.128. The van der Waals surface area contributed by atoms with E-state index >= 15 is 0 Å². The lowest BCUT2D eigenvalue weighted by molar-refractivity contribution is 0.0780. The first kappa shape index (κ1) is 14.1. The Morgan fingerprint density at radius 1 is 1.53 bits per heavy atom. The van der Waals surface area contributed by atoms with Gasteiger partial charge in [0.1, 0.15) is 5.69 Å². The molecule has 2 aromatic rings. The second-order valence-electron chi connectivity index (χ2n) is 4.32. The first-order valence-corrected chi connectivity index (χ1v) is 6.82. The van der Waals surface area contributed by atoms with Crippen molar-refractivity contribution in [1.82, 2.24) is 14.5 Å². The van der Waals surface area contributed by atoms with Gasteiger partial charge in [0.15, 0.2) is 0 Å². The fourth-order valence-electron chi connectivity index (χ4n) is 1.71. The third-order valence-corrected chi connectivity index (χ3v) is 3.55. The summed E-state index contributed by atoms with van der Waals surface area (Å²) >= 11 is 9.51. The van der Waals surface area contributed by atoms with Crippen molar-refractivity contribution in [2.24, 2.45) is 7.05 Å². The van der Waals surface area contributed by atoms with Crippen LogP contribution in [0.15, 0.2) is 35.2 Å². The minimum absolute atomic E-state index is 0.128. The summed E-state index contributed by atoms with van der Waals surface area (Å²) in [6.07, 6.45) is 3.30. The van der Waals surface area contributed by atoms with E-state index in [2.05, 4.69) is 20.9 Å². The van der Waals surface area contributed by atoms with E-state index in [0.717, 1.165) is 10.0 Å². The van der Waals surface area contributed by atoms with Gasteiger partial charge in [0, 0.05) is 36.3 Å². The van der Waals surface area contributed by atoms with Crippen molar-refractivity contribution in [1.29, 1.82) is 0 Å². The topological polar surface area (TPSA) is 38.1 Å². The molecule has 0 atom stereocenters. The van der Waals surface area contributed by atoms with E-state index in [-0.39, 0.29) is 5.91 Å². The van der Waals surface area contributed by atoms with Crippen LogP contribution in [0.25, 0.3) is 0 Å². The summed E-state index contributed by atoms with van der Waals surface area (Å²) in [4.78, 5) is 17.8. The Labute approximate surface area is 125 Å². The van der Waals surface area contributed by atoms with Gasteiger partial charge in [0.05, 0.1) is 6.33 Å². The van der Waals surface area contributed by atoms with E-state index < -0.39 is 0 Å². The van der Waals surface area contributed by atoms with E-state index in [9.17, 15) is 4.79 Å². The summed E-state index contributed by atoms with van der Waals surface area (Å²) < 4.78 is 2.68. The molecule has 0 N–H and O–H groups in total. The zero-order valence-corrected chi connectivity index (χ0v) is 12.9. The molecule has 1 heterocycles. The number of imidazole rings is 1. The number of carbonyl (C=O) groups is 1. The van der Waals surface area contributed by atoms with Crippen molar-refractivity contribution in [3.63, 3.8) is 0 Å². The molecule has 0 radical (unpaired) electrons. The van der Waals surface area contributed by atoms with Crippen molar-refractivity contribution in [2.75, 3.05) is 7.05 Å². The van der Waals surface area contributed by atoms with Crippen LogP contribution in [0.1, 0.15) is 16.1 Å². The second-order valence-corrected chi connectivity index (χ2v) is 5.64. The van der Waals surface area contributed by atoms with Gasteiger partial charge in [0.25, 0.3) is 5.91 Å². The number of carbonyl (C=O) groups excluding carboxylic acids is 1. The van der Waals surface area contributed by atoms with Crippen LogP contribution in [-0.2, 0) is 13.6 Å². The number of halogens is 2. The summed E-state index contributed by atoms with van der Waals surface area (Å²) in [6, 6.07) is 5.58. The Kier molecular flexibility index (Phi) is 4.27. The van der Waals surface area contributed by atoms with Gasteiger partial charge in [-0.15, -0.1) is 0 Å². The highest BCUT2D eigenvalue weighted by Crippen LogP contribution is 2.22. The molecule has 6 heteroatoms. The number of aryl methyl sites for hydroxylation is 1. The van der Waals surface area contributed by atoms with E-state index in [1.807, 2.05) is 19.2 Å². The highest BCUT2D eigenvalue weighted by molar-refractivity contribution is 9.10. The highest BCUT2D eigenvalue weighted by Gasteiger charge is 2.15. The predicted molar refractivity (Wildman–Crippen MR) is 78.2 cm³/mol. The third-order valence-electron chi connectivity index (χ3n) is 2.69. The van der Waals surface area contributed by atoms with Crippen molar-refractivity contribution in [3.05, 3.63) is 51.5 Å². The molecule has 0 aliphatic carbocycles. The monoisotopic (exact) mass is 341 g/mol. The number of benzene rings is 1. The quantitative estimate of drug-likeness (QED) is 0.859. The molecule has 0 saturated heterocycles. The normalized spacial score (nSPS) is 10.5. The molecule has 2 rings (SSSR count). The second kappa shape index (κ2) is 5.75. The van der Waals surface area contributed by atoms with E-state index in [1.54, 1.807) is 35.1 Å². The standard InChI is InChI=1S/C13H13BrClN3O/c1-17-7-12(16-8-17)13(19)18(2)6-9-5-10(14)3-4-11(9)15/h3-5,7-8H,6H2,1-2H3. The lowest BCUT2D eigenvalue weighted by Gasteiger charge is -2.17. The van der Waals surface area contributed by atoms with E-state index in [1.165, 1.54) is 0 Å². The van der Waals surface area contributed by atoms with Crippen molar-refractivity contribution in [3.8, 4) is 0 Å². The SMILES string of the molecule is CN(Cc1cc(Br)ccc1Cl)C(=O)c1cn(C)cn1. The molecule has 0 spiro atoms. The maximum atomic E-state index is 12.2. The molecule has 0 aliphatic heterocycles. The largest absolute Gasteiger partial charge is 0.340 e. The molecule has 4 nitrogen and oxygen atoms in total. The number of amides is 1. The maximum absolute atomic E-state index is 12.2. The Morgan fingerprint density at radius 3 is 2.89 bits per heavy atom. The summed E-state index contributed by atoms with van der Waals surface area (Å²) in [5.74, 6) is -0.128. The number of aromatic nitrogens is 2.